The standard InChI is InChI=1S/C9H14O3/c1-11-8(10)9(3-2-4-9)5-7-6-12-7/h7H,2-6H2,1H3. The lowest BCUT2D eigenvalue weighted by molar-refractivity contribution is -0.159. The predicted octanol–water partition coefficient (Wildman–Crippen LogP) is 1.12. The van der Waals surface area contributed by atoms with Crippen molar-refractivity contribution < 1.29 is 14.3 Å². The molecule has 2 aliphatic rings. The molecule has 68 valence electrons. The van der Waals surface area contributed by atoms with E-state index in [1.165, 1.54) is 7.11 Å². The molecule has 1 saturated carbocycles. The zero-order valence-corrected chi connectivity index (χ0v) is 7.34. The summed E-state index contributed by atoms with van der Waals surface area (Å²) in [4.78, 5) is 11.4. The Morgan fingerprint density at radius 1 is 1.67 bits per heavy atom. The van der Waals surface area contributed by atoms with Gasteiger partial charge in [-0.05, 0) is 19.3 Å². The highest BCUT2D eigenvalue weighted by Crippen LogP contribution is 2.47. The topological polar surface area (TPSA) is 38.8 Å². The van der Waals surface area contributed by atoms with Crippen molar-refractivity contribution in [2.24, 2.45) is 5.41 Å². The quantitative estimate of drug-likeness (QED) is 0.470. The lowest BCUT2D eigenvalue weighted by Crippen LogP contribution is -2.40. The summed E-state index contributed by atoms with van der Waals surface area (Å²) >= 11 is 0. The average Bonchev–Trinajstić information content (AvgIpc) is 2.78. The van der Waals surface area contributed by atoms with E-state index < -0.39 is 0 Å². The first-order chi connectivity index (χ1) is 5.77. The molecule has 3 heteroatoms. The minimum atomic E-state index is -0.171. The van der Waals surface area contributed by atoms with E-state index in [0.717, 1.165) is 32.3 Å². The smallest absolute Gasteiger partial charge is 0.311 e. The zero-order valence-electron chi connectivity index (χ0n) is 7.34. The third-order valence-corrected chi connectivity index (χ3v) is 2.95. The molecule has 0 aromatic carbocycles. The van der Waals surface area contributed by atoms with Gasteiger partial charge in [0.05, 0.1) is 25.2 Å². The molecular formula is C9H14O3. The largest absolute Gasteiger partial charge is 0.469 e. The second-order valence-electron chi connectivity index (χ2n) is 3.78. The highest BCUT2D eigenvalue weighted by molar-refractivity contribution is 5.77. The van der Waals surface area contributed by atoms with Crippen LogP contribution in [0.15, 0.2) is 0 Å². The van der Waals surface area contributed by atoms with E-state index in [0.29, 0.717) is 6.10 Å². The Kier molecular flexibility index (Phi) is 1.83. The van der Waals surface area contributed by atoms with E-state index in [9.17, 15) is 4.79 Å². The molecular weight excluding hydrogens is 156 g/mol. The number of hydrogen-bond donors (Lipinski definition) is 0. The van der Waals surface area contributed by atoms with Crippen molar-refractivity contribution in [1.29, 1.82) is 0 Å². The van der Waals surface area contributed by atoms with Crippen molar-refractivity contribution in [3.05, 3.63) is 0 Å². The molecule has 2 fully saturated rings. The van der Waals surface area contributed by atoms with E-state index in [1.54, 1.807) is 0 Å². The SMILES string of the molecule is COC(=O)C1(CC2CO2)CCC1. The highest BCUT2D eigenvalue weighted by atomic mass is 16.6. The molecule has 0 aromatic rings. The van der Waals surface area contributed by atoms with Gasteiger partial charge >= 0.3 is 5.97 Å². The van der Waals surface area contributed by atoms with Gasteiger partial charge in [0.1, 0.15) is 0 Å². The monoisotopic (exact) mass is 170 g/mol. The summed E-state index contributed by atoms with van der Waals surface area (Å²) in [6.45, 7) is 0.832. The van der Waals surface area contributed by atoms with Crippen LogP contribution in [0.4, 0.5) is 0 Å². The second kappa shape index (κ2) is 2.73. The summed E-state index contributed by atoms with van der Waals surface area (Å²) < 4.78 is 9.92. The zero-order chi connectivity index (χ0) is 8.60. The fourth-order valence-corrected chi connectivity index (χ4v) is 1.93. The van der Waals surface area contributed by atoms with E-state index >= 15 is 0 Å². The van der Waals surface area contributed by atoms with Gasteiger partial charge in [0.15, 0.2) is 0 Å². The van der Waals surface area contributed by atoms with Gasteiger partial charge in [-0.15, -0.1) is 0 Å². The fraction of sp³-hybridized carbons (Fsp3) is 0.889. The van der Waals surface area contributed by atoms with E-state index in [-0.39, 0.29) is 11.4 Å². The molecule has 0 bridgehead atoms. The van der Waals surface area contributed by atoms with Crippen molar-refractivity contribution in [3.63, 3.8) is 0 Å². The summed E-state index contributed by atoms with van der Waals surface area (Å²) in [7, 11) is 1.47. The minimum absolute atomic E-state index is 0.0377. The summed E-state index contributed by atoms with van der Waals surface area (Å²) in [5.74, 6) is -0.0377. The number of methoxy groups -OCH3 is 1. The molecule has 0 spiro atoms. The third kappa shape index (κ3) is 1.22. The Morgan fingerprint density at radius 2 is 2.33 bits per heavy atom. The number of epoxide rings is 1. The normalized spacial score (nSPS) is 30.6. The highest BCUT2D eigenvalue weighted by Gasteiger charge is 2.48. The van der Waals surface area contributed by atoms with Crippen LogP contribution < -0.4 is 0 Å². The maximum absolute atomic E-state index is 11.4. The molecule has 0 radical (unpaired) electrons. The third-order valence-electron chi connectivity index (χ3n) is 2.95. The molecule has 1 unspecified atom stereocenters. The second-order valence-corrected chi connectivity index (χ2v) is 3.78. The summed E-state index contributed by atoms with van der Waals surface area (Å²) in [6.07, 6.45) is 4.34. The van der Waals surface area contributed by atoms with Gasteiger partial charge in [-0.25, -0.2) is 0 Å². The van der Waals surface area contributed by atoms with Crippen molar-refractivity contribution in [2.75, 3.05) is 13.7 Å². The summed E-state index contributed by atoms with van der Waals surface area (Å²) in [5.41, 5.74) is -0.171. The van der Waals surface area contributed by atoms with Crippen LogP contribution >= 0.6 is 0 Å². The van der Waals surface area contributed by atoms with E-state index in [4.69, 9.17) is 9.47 Å². The van der Waals surface area contributed by atoms with Crippen LogP contribution in [-0.4, -0.2) is 25.8 Å². The van der Waals surface area contributed by atoms with Crippen LogP contribution in [0, 0.1) is 5.41 Å². The molecule has 0 amide bonds. The molecule has 1 saturated heterocycles. The first kappa shape index (κ1) is 8.05. The molecule has 12 heavy (non-hydrogen) atoms. The molecule has 1 aliphatic carbocycles. The van der Waals surface area contributed by atoms with Gasteiger partial charge in [0.25, 0.3) is 0 Å². The first-order valence-corrected chi connectivity index (χ1v) is 4.47. The lowest BCUT2D eigenvalue weighted by Gasteiger charge is -2.38. The van der Waals surface area contributed by atoms with Gasteiger partial charge in [-0.1, -0.05) is 6.42 Å². The number of carbonyl (C=O) groups is 1. The van der Waals surface area contributed by atoms with Gasteiger partial charge < -0.3 is 9.47 Å². The van der Waals surface area contributed by atoms with Crippen molar-refractivity contribution in [3.8, 4) is 0 Å². The molecule has 0 N–H and O–H groups in total. The van der Waals surface area contributed by atoms with Crippen LogP contribution in [0.2, 0.25) is 0 Å². The summed E-state index contributed by atoms with van der Waals surface area (Å²) in [6, 6.07) is 0. The van der Waals surface area contributed by atoms with Gasteiger partial charge in [0, 0.05) is 0 Å². The summed E-state index contributed by atoms with van der Waals surface area (Å²) in [5, 5.41) is 0. The van der Waals surface area contributed by atoms with Crippen LogP contribution in [0.5, 0.6) is 0 Å². The van der Waals surface area contributed by atoms with Crippen molar-refractivity contribution in [1.82, 2.24) is 0 Å². The Balaban J connectivity index is 1.96. The fourth-order valence-electron chi connectivity index (χ4n) is 1.93. The lowest BCUT2D eigenvalue weighted by atomic mass is 9.66. The minimum Gasteiger partial charge on any atom is -0.469 e. The van der Waals surface area contributed by atoms with E-state index in [2.05, 4.69) is 0 Å². The Morgan fingerprint density at radius 3 is 2.67 bits per heavy atom. The van der Waals surface area contributed by atoms with Crippen LogP contribution in [0.25, 0.3) is 0 Å². The Bertz CT molecular complexity index is 192. The number of rotatable bonds is 3. The maximum Gasteiger partial charge on any atom is 0.311 e. The first-order valence-electron chi connectivity index (χ1n) is 4.47. The van der Waals surface area contributed by atoms with Crippen molar-refractivity contribution >= 4 is 5.97 Å². The molecule has 1 heterocycles. The molecule has 1 atom stereocenters. The predicted molar refractivity (Wildman–Crippen MR) is 42.7 cm³/mol. The van der Waals surface area contributed by atoms with Gasteiger partial charge in [-0.2, -0.15) is 0 Å². The van der Waals surface area contributed by atoms with Crippen LogP contribution in [-0.2, 0) is 14.3 Å². The number of carbonyl (C=O) groups excluding carboxylic acids is 1. The molecule has 3 nitrogen and oxygen atoms in total. The molecule has 2 rings (SSSR count). The van der Waals surface area contributed by atoms with Crippen LogP contribution in [0.3, 0.4) is 0 Å². The Labute approximate surface area is 72.0 Å². The van der Waals surface area contributed by atoms with E-state index in [1.807, 2.05) is 0 Å². The Hall–Kier alpha value is -0.570. The number of ether oxygens (including phenoxy) is 2. The van der Waals surface area contributed by atoms with Gasteiger partial charge in [-0.3, -0.25) is 4.79 Å². The average molecular weight is 170 g/mol. The van der Waals surface area contributed by atoms with Gasteiger partial charge in [0.2, 0.25) is 0 Å². The number of hydrogen-bond acceptors (Lipinski definition) is 3. The molecule has 0 aromatic heterocycles. The van der Waals surface area contributed by atoms with Crippen LogP contribution in [0.1, 0.15) is 25.7 Å². The maximum atomic E-state index is 11.4. The molecule has 1 aliphatic heterocycles. The number of esters is 1. The van der Waals surface area contributed by atoms with Crippen molar-refractivity contribution in [2.45, 2.75) is 31.8 Å².